The first-order chi connectivity index (χ1) is 61.1. The van der Waals surface area contributed by atoms with Crippen molar-refractivity contribution in [1.82, 2.24) is 28.7 Å². The van der Waals surface area contributed by atoms with E-state index in [1.807, 2.05) is 4.90 Å². The van der Waals surface area contributed by atoms with E-state index in [0.717, 1.165) is 37.4 Å². The van der Waals surface area contributed by atoms with Crippen LogP contribution in [-0.4, -0.2) is 119 Å². The number of carbonyl (C=O) groups is 2. The van der Waals surface area contributed by atoms with Crippen LogP contribution < -0.4 is 10.9 Å². The molecular formula is C82H80F10N6O6S2. The number of para-hydroxylation sites is 1. The van der Waals surface area contributed by atoms with E-state index in [1.165, 1.54) is 46.6 Å². The van der Waals surface area contributed by atoms with E-state index in [2.05, 4.69) is 0 Å². The van der Waals surface area contributed by atoms with Crippen molar-refractivity contribution < 1.29 is 98.6 Å². The van der Waals surface area contributed by atoms with E-state index in [-0.39, 0.29) is 72.3 Å². The average molecular weight is 1530 g/mol. The molecule has 556 valence electrons. The van der Waals surface area contributed by atoms with Gasteiger partial charge in [-0.2, -0.15) is 26.3 Å². The van der Waals surface area contributed by atoms with Gasteiger partial charge in [-0.1, -0.05) is 121 Å². The standard InChI is InChI=1S/2C41H40F5N3O3S/c1-27(28-10-12-29(13-11-28)30-14-16-32(17-15-30)41(44,45)46)49(33-18-20-47(21-19-33)22-23-52-2)38(51)25-48-36-9-4-3-7-34(36)37(50)24-39(48)53-26-31-6-5-8-35(42)40(31)43;1-27-6-15-36-34(22-27)37(50)23-39(53-26-31-4-3-5-35(42)40(31)43)49(36)25-38(51)48(33-16-18-47(19-17-33)20-21-52-2)24-28-7-9-29(10-8-28)30-11-13-32(14-12-30)41(44,45)46/h3-17,24,27,33H,18-23,25-26H2,1-2H3;3-15,22-23,33H,16-21,24-26H2,1-2H3/i23D2,26D2,27D;3D,4D,5D,6D,7D,8D,9D,10D,11D,12D,13D,14D,15D,21D2,22D,23D,24D2,26D2. The van der Waals surface area contributed by atoms with Crippen molar-refractivity contribution in [2.24, 2.45) is 0 Å². The summed E-state index contributed by atoms with van der Waals surface area (Å²) in [7, 11) is 2.36. The summed E-state index contributed by atoms with van der Waals surface area (Å²) in [6.07, 6.45) is -9.80. The van der Waals surface area contributed by atoms with Crippen molar-refractivity contribution in [2.75, 3.05) is 66.6 Å². The van der Waals surface area contributed by atoms with Crippen molar-refractivity contribution in [2.45, 2.75) is 111 Å². The van der Waals surface area contributed by atoms with E-state index < -0.39 is 266 Å². The first kappa shape index (κ1) is 50.5. The number of ether oxygens (including phenoxy) is 2. The van der Waals surface area contributed by atoms with Crippen LogP contribution in [0.1, 0.15) is 113 Å². The lowest BCUT2D eigenvalue weighted by Gasteiger charge is -2.42. The zero-order valence-electron chi connectivity index (χ0n) is 82.6. The highest BCUT2D eigenvalue weighted by Crippen LogP contribution is 2.37. The molecule has 106 heavy (non-hydrogen) atoms. The molecule has 0 spiro atoms. The number of alkyl halides is 6. The minimum absolute atomic E-state index is 0.0222. The summed E-state index contributed by atoms with van der Waals surface area (Å²) in [6.45, 7) is -6.90. The first-order valence-corrected chi connectivity index (χ1v) is 34.1. The minimum Gasteiger partial charge on any atom is -0.383 e. The van der Waals surface area contributed by atoms with Gasteiger partial charge in [0.15, 0.2) is 34.1 Å². The molecule has 2 aliphatic heterocycles. The van der Waals surface area contributed by atoms with Crippen LogP contribution in [0.3, 0.4) is 0 Å². The van der Waals surface area contributed by atoms with Gasteiger partial charge in [0.25, 0.3) is 0 Å². The number of nitrogens with zero attached hydrogens (tertiary/aromatic N) is 6. The van der Waals surface area contributed by atoms with Crippen LogP contribution in [0.4, 0.5) is 43.9 Å². The van der Waals surface area contributed by atoms with Crippen LogP contribution in [0.5, 0.6) is 0 Å². The van der Waals surface area contributed by atoms with Crippen LogP contribution in [0.2, 0.25) is 0 Å². The molecule has 1 atom stereocenters. The monoisotopic (exact) mass is 1520 g/mol. The van der Waals surface area contributed by atoms with Gasteiger partial charge in [-0.3, -0.25) is 19.2 Å². The summed E-state index contributed by atoms with van der Waals surface area (Å²) in [5.74, 6) is -8.93. The van der Waals surface area contributed by atoms with Gasteiger partial charge in [-0.25, -0.2) is 17.6 Å². The van der Waals surface area contributed by atoms with E-state index in [0.29, 0.717) is 63.9 Å². The number of thioether (sulfide) groups is 2. The van der Waals surface area contributed by atoms with Gasteiger partial charge >= 0.3 is 12.4 Å². The molecule has 0 N–H and O–H groups in total. The van der Waals surface area contributed by atoms with Crippen molar-refractivity contribution >= 4 is 57.1 Å². The number of likely N-dealkylation sites (tertiary alicyclic amines) is 2. The van der Waals surface area contributed by atoms with Crippen LogP contribution in [0, 0.1) is 30.2 Å². The molecular weight excluding hydrogens is 1420 g/mol. The Bertz CT molecular complexity index is 6240. The molecule has 2 saturated heterocycles. The SMILES string of the molecule is [2H]C([2H])(CN1CCC(N(C(=O)Cn2c(SC([2H])([2H])c3cccc(F)c3F)cc(=O)c3ccccc32)C([2H])(C)c2ccc(-c3ccc(C(F)(F)F)cc3)cc2)CC1)OC.[2H]c1c([2H])c(F)c(F)c(C([2H])([2H])Sc2c([2H])c(=O)c3c([2H])c(C)c([2H])c([2H])c3n2CC(=O)N(C2CCN(CC([2H])([2H])OC)CC2)C([2H])([2H])c2c([2H])c([2H])c(-c3c([2H])c([2H])c(C(F)(F)F)c([2H])c3[2H])c([2H])c2[2H])c1[2H]. The van der Waals surface area contributed by atoms with Gasteiger partial charge in [0, 0.05) is 123 Å². The largest absolute Gasteiger partial charge is 0.416 e. The second-order valence-corrected chi connectivity index (χ2v) is 25.6. The Morgan fingerprint density at radius 3 is 1.75 bits per heavy atom. The number of methoxy groups -OCH3 is 2. The Labute approximate surface area is 653 Å². The molecule has 24 heteroatoms. The number of aromatic nitrogens is 2. The third kappa shape index (κ3) is 19.2. The molecule has 0 aliphatic carbocycles. The number of benzene rings is 8. The lowest BCUT2D eigenvalue weighted by Crippen LogP contribution is -2.49. The minimum atomic E-state index is -5.43. The quantitative estimate of drug-likeness (QED) is 0.0428. The lowest BCUT2D eigenvalue weighted by atomic mass is 9.96. The summed E-state index contributed by atoms with van der Waals surface area (Å²) in [4.78, 5) is 62.8. The third-order valence-corrected chi connectivity index (χ3v) is 18.9. The van der Waals surface area contributed by atoms with Gasteiger partial charge in [-0.05, 0) is 133 Å². The maximum atomic E-state index is 15.6. The molecule has 0 radical (unpaired) electrons. The van der Waals surface area contributed by atoms with E-state index in [1.54, 1.807) is 55.5 Å². The van der Waals surface area contributed by atoms with E-state index in [4.69, 9.17) is 41.0 Å². The fraction of sp³-hybridized carbons (Fsp3) is 0.317. The summed E-state index contributed by atoms with van der Waals surface area (Å²) in [5, 5.41) is -1.67. The Morgan fingerprint density at radius 2 is 1.13 bits per heavy atom. The van der Waals surface area contributed by atoms with Crippen molar-refractivity contribution in [3.8, 4) is 22.3 Å². The van der Waals surface area contributed by atoms with Crippen LogP contribution in [0.25, 0.3) is 44.1 Å². The molecule has 12 rings (SSSR count). The summed E-state index contributed by atoms with van der Waals surface area (Å²) in [6, 6.07) is -1.16. The topological polar surface area (TPSA) is 110 Å². The van der Waals surface area contributed by atoms with Gasteiger partial charge < -0.3 is 38.2 Å². The number of rotatable bonds is 24. The lowest BCUT2D eigenvalue weighted by molar-refractivity contribution is -0.138. The molecule has 2 amide bonds. The number of hydrogen-bond acceptors (Lipinski definition) is 10. The highest BCUT2D eigenvalue weighted by molar-refractivity contribution is 7.98. The van der Waals surface area contributed by atoms with Crippen molar-refractivity contribution in [3.05, 3.63) is 270 Å². The summed E-state index contributed by atoms with van der Waals surface area (Å²) >= 11 is 0.0924. The summed E-state index contributed by atoms with van der Waals surface area (Å²) < 4.78 is 377. The normalized spacial score (nSPS) is 19.0. The Kier molecular flexibility index (Phi) is 16.7. The molecule has 2 aliphatic rings. The third-order valence-electron chi connectivity index (χ3n) is 17.2. The van der Waals surface area contributed by atoms with Gasteiger partial charge in [0.2, 0.25) is 11.8 Å². The van der Waals surface area contributed by atoms with E-state index in [9.17, 15) is 58.0 Å². The number of halogens is 10. The van der Waals surface area contributed by atoms with Gasteiger partial charge in [-0.15, -0.1) is 23.5 Å². The van der Waals surface area contributed by atoms with E-state index >= 15 is 9.18 Å². The number of carbonyl (C=O) groups excluding carboxylic acids is 2. The number of pyridine rings is 2. The molecule has 2 fully saturated rings. The molecule has 0 saturated carbocycles. The fourth-order valence-corrected chi connectivity index (χ4v) is 13.3. The van der Waals surface area contributed by atoms with Crippen LogP contribution >= 0.6 is 23.5 Å². The Morgan fingerprint density at radius 1 is 0.575 bits per heavy atom. The first-order valence-electron chi connectivity index (χ1n) is 45.4. The van der Waals surface area contributed by atoms with Crippen molar-refractivity contribution in [1.29, 1.82) is 0 Å². The second-order valence-electron chi connectivity index (χ2n) is 24.0. The van der Waals surface area contributed by atoms with Crippen LogP contribution in [-0.2, 0) is 62.4 Å². The number of hydrogen-bond donors (Lipinski definition) is 0. The predicted molar refractivity (Wildman–Crippen MR) is 395 cm³/mol. The van der Waals surface area contributed by atoms with Crippen LogP contribution in [0.15, 0.2) is 207 Å². The summed E-state index contributed by atoms with van der Waals surface area (Å²) in [5.41, 5.74) is -15.8. The number of amides is 2. The zero-order valence-corrected chi connectivity index (χ0v) is 58.2. The molecule has 1 unspecified atom stereocenters. The van der Waals surface area contributed by atoms with Gasteiger partial charge in [0.05, 0.1) is 81.5 Å². The maximum Gasteiger partial charge on any atom is 0.416 e. The highest BCUT2D eigenvalue weighted by atomic mass is 32.2. The number of fused-ring (bicyclic) bond motifs is 2. The molecule has 8 aromatic carbocycles. The number of piperidine rings is 2. The smallest absolute Gasteiger partial charge is 0.383 e. The Hall–Kier alpha value is -9.04. The fourth-order valence-electron chi connectivity index (χ4n) is 11.7. The maximum absolute atomic E-state index is 15.6. The molecule has 12 nitrogen and oxygen atoms in total. The molecule has 0 bridgehead atoms. The molecule has 10 aromatic rings. The highest BCUT2D eigenvalue weighted by Gasteiger charge is 2.35. The van der Waals surface area contributed by atoms with Gasteiger partial charge in [0.1, 0.15) is 13.1 Å². The molecule has 2 aromatic heterocycles. The zero-order chi connectivity index (χ0) is 98.3. The molecule has 4 heterocycles. The average Bonchev–Trinajstić information content (AvgIpc) is 0.722. The van der Waals surface area contributed by atoms with Crippen molar-refractivity contribution in [3.63, 3.8) is 0 Å². The Balaban J connectivity index is 0.000000262. The predicted octanol–water partition coefficient (Wildman–Crippen LogP) is 17.7. The second kappa shape index (κ2) is 35.1.